The first-order valence-electron chi connectivity index (χ1n) is 5.56. The molecule has 0 bridgehead atoms. The molecular formula is C10H20N2O4. The molecule has 0 rings (SSSR count). The minimum atomic E-state index is -0.680. The second-order valence-corrected chi connectivity index (χ2v) is 3.23. The molecule has 0 aromatic heterocycles. The van der Waals surface area contributed by atoms with E-state index in [0.717, 1.165) is 25.7 Å². The van der Waals surface area contributed by atoms with Crippen LogP contribution in [0.3, 0.4) is 0 Å². The highest BCUT2D eigenvalue weighted by atomic mass is 16.6. The van der Waals surface area contributed by atoms with E-state index < -0.39 is 12.2 Å². The Bertz CT molecular complexity index is 187. The van der Waals surface area contributed by atoms with Crippen LogP contribution < -0.4 is 10.9 Å². The average molecular weight is 232 g/mol. The van der Waals surface area contributed by atoms with E-state index >= 15 is 0 Å². The fraction of sp³-hybridized carbons (Fsp3) is 0.800. The first-order valence-corrected chi connectivity index (χ1v) is 5.56. The van der Waals surface area contributed by atoms with Crippen molar-refractivity contribution >= 4 is 12.2 Å². The van der Waals surface area contributed by atoms with Crippen LogP contribution in [0, 0.1) is 0 Å². The summed E-state index contributed by atoms with van der Waals surface area (Å²) in [6.07, 6.45) is 2.13. The fourth-order valence-electron chi connectivity index (χ4n) is 0.793. The van der Waals surface area contributed by atoms with Crippen LogP contribution in [0.2, 0.25) is 0 Å². The molecule has 6 heteroatoms. The Morgan fingerprint density at radius 3 is 1.56 bits per heavy atom. The number of hydrazine groups is 1. The second-order valence-electron chi connectivity index (χ2n) is 3.23. The van der Waals surface area contributed by atoms with Gasteiger partial charge in [-0.25, -0.2) is 20.4 Å². The summed E-state index contributed by atoms with van der Waals surface area (Å²) < 4.78 is 9.48. The van der Waals surface area contributed by atoms with Crippen LogP contribution in [-0.2, 0) is 9.47 Å². The summed E-state index contributed by atoms with van der Waals surface area (Å²) in [7, 11) is 0. The predicted molar refractivity (Wildman–Crippen MR) is 58.8 cm³/mol. The van der Waals surface area contributed by atoms with Crippen molar-refractivity contribution in [3.63, 3.8) is 0 Å². The van der Waals surface area contributed by atoms with E-state index in [1.807, 2.05) is 13.8 Å². The van der Waals surface area contributed by atoms with Gasteiger partial charge in [0.15, 0.2) is 0 Å². The van der Waals surface area contributed by atoms with E-state index in [2.05, 4.69) is 10.9 Å². The van der Waals surface area contributed by atoms with Crippen LogP contribution in [0.5, 0.6) is 0 Å². The molecule has 2 N–H and O–H groups in total. The monoisotopic (exact) mass is 232 g/mol. The number of ether oxygens (including phenoxy) is 2. The number of amides is 2. The van der Waals surface area contributed by atoms with Crippen LogP contribution in [0.15, 0.2) is 0 Å². The van der Waals surface area contributed by atoms with Crippen molar-refractivity contribution < 1.29 is 19.1 Å². The molecule has 16 heavy (non-hydrogen) atoms. The molecule has 0 saturated carbocycles. The average Bonchev–Trinajstić information content (AvgIpc) is 2.27. The summed E-state index contributed by atoms with van der Waals surface area (Å²) in [5.74, 6) is 0. The smallest absolute Gasteiger partial charge is 0.426 e. The molecule has 0 aromatic carbocycles. The minimum absolute atomic E-state index is 0.342. The van der Waals surface area contributed by atoms with Gasteiger partial charge in [-0.05, 0) is 12.8 Å². The van der Waals surface area contributed by atoms with Gasteiger partial charge in [-0.2, -0.15) is 0 Å². The lowest BCUT2D eigenvalue weighted by Crippen LogP contribution is -2.42. The van der Waals surface area contributed by atoms with E-state index in [1.165, 1.54) is 0 Å². The summed E-state index contributed by atoms with van der Waals surface area (Å²) in [5, 5.41) is 0. The molecule has 0 aliphatic heterocycles. The number of unbranched alkanes of at least 4 members (excludes halogenated alkanes) is 2. The molecule has 0 spiro atoms. The summed E-state index contributed by atoms with van der Waals surface area (Å²) in [6.45, 7) is 4.67. The largest absolute Gasteiger partial charge is 0.448 e. The SMILES string of the molecule is CCCCOC(=O)NNC(=O)OCCCC. The van der Waals surface area contributed by atoms with Gasteiger partial charge in [0, 0.05) is 0 Å². The number of hydrogen-bond acceptors (Lipinski definition) is 4. The highest BCUT2D eigenvalue weighted by Gasteiger charge is 2.04. The number of carbonyl (C=O) groups excluding carboxylic acids is 2. The molecule has 0 fully saturated rings. The van der Waals surface area contributed by atoms with E-state index in [4.69, 9.17) is 9.47 Å². The first kappa shape index (κ1) is 14.5. The third-order valence-corrected chi connectivity index (χ3v) is 1.73. The first-order chi connectivity index (χ1) is 7.70. The lowest BCUT2D eigenvalue weighted by molar-refractivity contribution is 0.122. The van der Waals surface area contributed by atoms with Gasteiger partial charge in [-0.15, -0.1) is 0 Å². The molecular weight excluding hydrogens is 212 g/mol. The maximum absolute atomic E-state index is 10.9. The molecule has 0 aromatic rings. The Morgan fingerprint density at radius 2 is 1.25 bits per heavy atom. The number of nitrogens with one attached hydrogen (secondary N) is 2. The summed E-state index contributed by atoms with van der Waals surface area (Å²) >= 11 is 0. The Kier molecular flexibility index (Phi) is 9.15. The molecule has 94 valence electrons. The Balaban J connectivity index is 3.40. The molecule has 6 nitrogen and oxygen atoms in total. The summed E-state index contributed by atoms with van der Waals surface area (Å²) in [5.41, 5.74) is 4.17. The third kappa shape index (κ3) is 9.11. The number of hydrogen-bond donors (Lipinski definition) is 2. The lowest BCUT2D eigenvalue weighted by Gasteiger charge is -2.08. The summed E-state index contributed by atoms with van der Waals surface area (Å²) in [6, 6.07) is 0. The highest BCUT2D eigenvalue weighted by molar-refractivity contribution is 5.73. The van der Waals surface area contributed by atoms with Gasteiger partial charge >= 0.3 is 12.2 Å². The standard InChI is InChI=1S/C10H20N2O4/c1-3-5-7-15-9(13)11-12-10(14)16-8-6-4-2/h3-8H2,1-2H3,(H,11,13)(H,12,14). The van der Waals surface area contributed by atoms with Crippen LogP contribution in [0.4, 0.5) is 9.59 Å². The van der Waals surface area contributed by atoms with Crippen molar-refractivity contribution in [2.24, 2.45) is 0 Å². The van der Waals surface area contributed by atoms with Gasteiger partial charge in [-0.3, -0.25) is 0 Å². The molecule has 0 heterocycles. The van der Waals surface area contributed by atoms with Crippen LogP contribution in [-0.4, -0.2) is 25.4 Å². The number of carbonyl (C=O) groups is 2. The Labute approximate surface area is 95.6 Å². The normalized spacial score (nSPS) is 9.38. The lowest BCUT2D eigenvalue weighted by atomic mass is 10.4. The van der Waals surface area contributed by atoms with Gasteiger partial charge in [0.25, 0.3) is 0 Å². The zero-order chi connectivity index (χ0) is 12.2. The van der Waals surface area contributed by atoms with Crippen LogP contribution in [0.25, 0.3) is 0 Å². The zero-order valence-corrected chi connectivity index (χ0v) is 9.88. The van der Waals surface area contributed by atoms with Crippen LogP contribution >= 0.6 is 0 Å². The molecule has 0 radical (unpaired) electrons. The van der Waals surface area contributed by atoms with E-state index in [9.17, 15) is 9.59 Å². The zero-order valence-electron chi connectivity index (χ0n) is 9.88. The molecule has 0 saturated heterocycles. The molecule has 0 aliphatic rings. The molecule has 0 atom stereocenters. The van der Waals surface area contributed by atoms with Crippen molar-refractivity contribution in [1.82, 2.24) is 10.9 Å². The van der Waals surface area contributed by atoms with Gasteiger partial charge < -0.3 is 9.47 Å². The van der Waals surface area contributed by atoms with Gasteiger partial charge in [0.05, 0.1) is 13.2 Å². The summed E-state index contributed by atoms with van der Waals surface area (Å²) in [4.78, 5) is 21.9. The van der Waals surface area contributed by atoms with E-state index in [-0.39, 0.29) is 0 Å². The van der Waals surface area contributed by atoms with Crippen molar-refractivity contribution in [3.8, 4) is 0 Å². The van der Waals surface area contributed by atoms with Crippen molar-refractivity contribution in [2.75, 3.05) is 13.2 Å². The van der Waals surface area contributed by atoms with Gasteiger partial charge in [0.2, 0.25) is 0 Å². The number of rotatable bonds is 6. The Morgan fingerprint density at radius 1 is 0.875 bits per heavy atom. The maximum Gasteiger partial charge on any atom is 0.426 e. The third-order valence-electron chi connectivity index (χ3n) is 1.73. The van der Waals surface area contributed by atoms with Crippen LogP contribution in [0.1, 0.15) is 39.5 Å². The Hall–Kier alpha value is -1.46. The predicted octanol–water partition coefficient (Wildman–Crippen LogP) is 1.95. The van der Waals surface area contributed by atoms with Crippen molar-refractivity contribution in [1.29, 1.82) is 0 Å². The molecule has 0 unspecified atom stereocenters. The fourth-order valence-corrected chi connectivity index (χ4v) is 0.793. The van der Waals surface area contributed by atoms with Gasteiger partial charge in [-0.1, -0.05) is 26.7 Å². The van der Waals surface area contributed by atoms with Crippen molar-refractivity contribution in [2.45, 2.75) is 39.5 Å². The van der Waals surface area contributed by atoms with Crippen molar-refractivity contribution in [3.05, 3.63) is 0 Å². The minimum Gasteiger partial charge on any atom is -0.448 e. The molecule has 0 aliphatic carbocycles. The topological polar surface area (TPSA) is 76.7 Å². The van der Waals surface area contributed by atoms with E-state index in [0.29, 0.717) is 13.2 Å². The maximum atomic E-state index is 10.9. The van der Waals surface area contributed by atoms with Gasteiger partial charge in [0.1, 0.15) is 0 Å². The second kappa shape index (κ2) is 10.1. The molecule has 2 amide bonds. The van der Waals surface area contributed by atoms with E-state index in [1.54, 1.807) is 0 Å². The quantitative estimate of drug-likeness (QED) is 0.542. The highest BCUT2D eigenvalue weighted by Crippen LogP contribution is 1.89.